The van der Waals surface area contributed by atoms with Crippen molar-refractivity contribution in [3.8, 4) is 5.75 Å². The van der Waals surface area contributed by atoms with Crippen LogP contribution in [0, 0.1) is 6.92 Å². The van der Waals surface area contributed by atoms with E-state index in [2.05, 4.69) is 16.4 Å². The molecule has 0 bridgehead atoms. The molecule has 138 valence electrons. The maximum atomic E-state index is 12.2. The number of carbonyl (C=O) groups is 2. The van der Waals surface area contributed by atoms with Crippen LogP contribution in [0.25, 0.3) is 0 Å². The summed E-state index contributed by atoms with van der Waals surface area (Å²) in [5, 5.41) is 5.47. The van der Waals surface area contributed by atoms with E-state index in [0.29, 0.717) is 30.2 Å². The summed E-state index contributed by atoms with van der Waals surface area (Å²) in [6, 6.07) is 6.03. The molecule has 1 aliphatic heterocycles. The lowest BCUT2D eigenvalue weighted by molar-refractivity contribution is -0.120. The van der Waals surface area contributed by atoms with Crippen molar-refractivity contribution in [1.29, 1.82) is 0 Å². The van der Waals surface area contributed by atoms with E-state index in [4.69, 9.17) is 4.74 Å². The van der Waals surface area contributed by atoms with Crippen molar-refractivity contribution in [2.24, 2.45) is 0 Å². The Bertz CT molecular complexity index is 803. The molecule has 7 heteroatoms. The molecule has 1 aliphatic rings. The minimum absolute atomic E-state index is 0.0683. The number of hydrogen-bond acceptors (Lipinski definition) is 5. The molecule has 3 rings (SSSR count). The lowest BCUT2D eigenvalue weighted by Gasteiger charge is -2.11. The van der Waals surface area contributed by atoms with Gasteiger partial charge in [-0.3, -0.25) is 14.5 Å². The Hall–Kier alpha value is -2.41. The molecule has 1 saturated heterocycles. The van der Waals surface area contributed by atoms with E-state index in [1.165, 1.54) is 16.9 Å². The number of nitrogens with one attached hydrogen (secondary N) is 1. The number of amides is 2. The Kier molecular flexibility index (Phi) is 5.88. The highest BCUT2D eigenvalue weighted by atomic mass is 32.1. The second-order valence-electron chi connectivity index (χ2n) is 6.36. The molecule has 6 nitrogen and oxygen atoms in total. The highest BCUT2D eigenvalue weighted by Gasteiger charge is 2.24. The zero-order chi connectivity index (χ0) is 18.5. The highest BCUT2D eigenvalue weighted by Crippen LogP contribution is 2.25. The first kappa shape index (κ1) is 18.4. The summed E-state index contributed by atoms with van der Waals surface area (Å²) >= 11 is 1.42. The minimum atomic E-state index is -0.0683. The van der Waals surface area contributed by atoms with Gasteiger partial charge in [0.15, 0.2) is 5.13 Å². The number of rotatable bonds is 7. The number of aryl methyl sites for hydroxylation is 1. The lowest BCUT2D eigenvalue weighted by atomic mass is 10.1. The molecule has 2 aromatic rings. The van der Waals surface area contributed by atoms with Crippen LogP contribution < -0.4 is 15.0 Å². The fourth-order valence-electron chi connectivity index (χ4n) is 3.02. The van der Waals surface area contributed by atoms with E-state index >= 15 is 0 Å². The Labute approximate surface area is 157 Å². The van der Waals surface area contributed by atoms with Gasteiger partial charge in [0.2, 0.25) is 11.8 Å². The normalized spacial score (nSPS) is 13.9. The van der Waals surface area contributed by atoms with Crippen molar-refractivity contribution < 1.29 is 14.3 Å². The van der Waals surface area contributed by atoms with Crippen LogP contribution in [0.4, 0.5) is 5.13 Å². The summed E-state index contributed by atoms with van der Waals surface area (Å²) < 4.78 is 5.36. The summed E-state index contributed by atoms with van der Waals surface area (Å²) in [4.78, 5) is 30.1. The summed E-state index contributed by atoms with van der Waals surface area (Å²) in [5.41, 5.74) is 2.95. The monoisotopic (exact) mass is 373 g/mol. The Morgan fingerprint density at radius 3 is 3.00 bits per heavy atom. The Balaban J connectivity index is 1.50. The van der Waals surface area contributed by atoms with Crippen molar-refractivity contribution >= 4 is 28.3 Å². The topological polar surface area (TPSA) is 71.5 Å². The van der Waals surface area contributed by atoms with E-state index < -0.39 is 0 Å². The fourth-order valence-corrected chi connectivity index (χ4v) is 3.89. The smallest absolute Gasteiger partial charge is 0.228 e. The second-order valence-corrected chi connectivity index (χ2v) is 7.20. The molecule has 0 atom stereocenters. The van der Waals surface area contributed by atoms with Gasteiger partial charge in [0.05, 0.1) is 19.2 Å². The SMILES string of the molecule is COc1ccc(C)cc1CCNC(=O)Cc1csc(N2CCCC2=O)n1. The average Bonchev–Trinajstić information content (AvgIpc) is 3.23. The number of carbonyl (C=O) groups excluding carboxylic acids is 2. The minimum Gasteiger partial charge on any atom is -0.496 e. The molecule has 2 heterocycles. The number of aromatic nitrogens is 1. The van der Waals surface area contributed by atoms with Gasteiger partial charge in [0.25, 0.3) is 0 Å². The Morgan fingerprint density at radius 2 is 2.27 bits per heavy atom. The average molecular weight is 373 g/mol. The molecule has 0 radical (unpaired) electrons. The fraction of sp³-hybridized carbons (Fsp3) is 0.421. The van der Waals surface area contributed by atoms with Crippen LogP contribution in [-0.2, 0) is 22.4 Å². The maximum Gasteiger partial charge on any atom is 0.228 e. The first-order chi connectivity index (χ1) is 12.6. The third-order valence-corrected chi connectivity index (χ3v) is 5.25. The maximum absolute atomic E-state index is 12.2. The van der Waals surface area contributed by atoms with Crippen molar-refractivity contribution in [3.63, 3.8) is 0 Å². The van der Waals surface area contributed by atoms with E-state index in [9.17, 15) is 9.59 Å². The van der Waals surface area contributed by atoms with Gasteiger partial charge in [-0.15, -0.1) is 11.3 Å². The number of nitrogens with zero attached hydrogens (tertiary/aromatic N) is 2. The lowest BCUT2D eigenvalue weighted by Crippen LogP contribution is -2.27. The van der Waals surface area contributed by atoms with E-state index in [1.54, 1.807) is 12.0 Å². The molecule has 1 aromatic carbocycles. The number of anilines is 1. The largest absolute Gasteiger partial charge is 0.496 e. The molecular weight excluding hydrogens is 350 g/mol. The van der Waals surface area contributed by atoms with Crippen LogP contribution in [0.5, 0.6) is 5.75 Å². The molecule has 1 fully saturated rings. The zero-order valence-electron chi connectivity index (χ0n) is 15.1. The first-order valence-corrected chi connectivity index (χ1v) is 9.60. The van der Waals surface area contributed by atoms with Gasteiger partial charge in [-0.25, -0.2) is 4.98 Å². The third kappa shape index (κ3) is 4.40. The van der Waals surface area contributed by atoms with Crippen molar-refractivity contribution in [3.05, 3.63) is 40.4 Å². The third-order valence-electron chi connectivity index (χ3n) is 4.34. The van der Waals surface area contributed by atoms with Gasteiger partial charge in [-0.1, -0.05) is 17.7 Å². The van der Waals surface area contributed by atoms with Gasteiger partial charge in [0.1, 0.15) is 5.75 Å². The quantitative estimate of drug-likeness (QED) is 0.809. The summed E-state index contributed by atoms with van der Waals surface area (Å²) in [5.74, 6) is 0.882. The van der Waals surface area contributed by atoms with Gasteiger partial charge in [0, 0.05) is 24.9 Å². The predicted octanol–water partition coefficient (Wildman–Crippen LogP) is 2.49. The predicted molar refractivity (Wildman–Crippen MR) is 102 cm³/mol. The van der Waals surface area contributed by atoms with Crippen molar-refractivity contribution in [2.75, 3.05) is 25.1 Å². The van der Waals surface area contributed by atoms with E-state index in [0.717, 1.165) is 24.3 Å². The van der Waals surface area contributed by atoms with E-state index in [-0.39, 0.29) is 18.2 Å². The molecule has 2 amide bonds. The van der Waals surface area contributed by atoms with Crippen LogP contribution in [0.2, 0.25) is 0 Å². The first-order valence-electron chi connectivity index (χ1n) is 8.72. The second kappa shape index (κ2) is 8.31. The van der Waals surface area contributed by atoms with Crippen LogP contribution >= 0.6 is 11.3 Å². The number of benzene rings is 1. The van der Waals surface area contributed by atoms with Crippen molar-refractivity contribution in [1.82, 2.24) is 10.3 Å². The van der Waals surface area contributed by atoms with Crippen LogP contribution in [0.15, 0.2) is 23.6 Å². The van der Waals surface area contributed by atoms with Crippen LogP contribution in [0.1, 0.15) is 29.7 Å². The van der Waals surface area contributed by atoms with Gasteiger partial charge in [-0.2, -0.15) is 0 Å². The number of ether oxygens (including phenoxy) is 1. The summed E-state index contributed by atoms with van der Waals surface area (Å²) in [7, 11) is 1.65. The van der Waals surface area contributed by atoms with Crippen molar-refractivity contribution in [2.45, 2.75) is 32.6 Å². The van der Waals surface area contributed by atoms with E-state index in [1.807, 2.05) is 24.4 Å². The molecule has 1 aromatic heterocycles. The number of hydrogen-bond donors (Lipinski definition) is 1. The molecule has 0 spiro atoms. The highest BCUT2D eigenvalue weighted by molar-refractivity contribution is 7.14. The summed E-state index contributed by atoms with van der Waals surface area (Å²) in [6.45, 7) is 3.29. The molecule has 26 heavy (non-hydrogen) atoms. The van der Waals surface area contributed by atoms with Gasteiger partial charge >= 0.3 is 0 Å². The zero-order valence-corrected chi connectivity index (χ0v) is 15.9. The van der Waals surface area contributed by atoms with Gasteiger partial charge < -0.3 is 10.1 Å². The Morgan fingerprint density at radius 1 is 1.42 bits per heavy atom. The molecular formula is C19H23N3O3S. The standard InChI is InChI=1S/C19H23N3O3S/c1-13-5-6-16(25-2)14(10-13)7-8-20-17(23)11-15-12-26-19(21-15)22-9-3-4-18(22)24/h5-6,10,12H,3-4,7-9,11H2,1-2H3,(H,20,23). The molecule has 0 unspecified atom stereocenters. The molecule has 0 aliphatic carbocycles. The molecule has 1 N–H and O–H groups in total. The summed E-state index contributed by atoms with van der Waals surface area (Å²) in [6.07, 6.45) is 2.39. The number of thiazole rings is 1. The molecule has 0 saturated carbocycles. The number of methoxy groups -OCH3 is 1. The van der Waals surface area contributed by atoms with Crippen LogP contribution in [-0.4, -0.2) is 37.0 Å². The van der Waals surface area contributed by atoms with Gasteiger partial charge in [-0.05, 0) is 31.4 Å². The van der Waals surface area contributed by atoms with Crippen LogP contribution in [0.3, 0.4) is 0 Å².